The van der Waals surface area contributed by atoms with Crippen LogP contribution < -0.4 is 5.32 Å². The van der Waals surface area contributed by atoms with Crippen LogP contribution >= 0.6 is 0 Å². The van der Waals surface area contributed by atoms with E-state index in [-0.39, 0.29) is 12.1 Å². The van der Waals surface area contributed by atoms with Crippen molar-refractivity contribution in [2.75, 3.05) is 11.9 Å². The number of ether oxygens (including phenoxy) is 1. The first-order valence-electron chi connectivity index (χ1n) is 8.95. The Labute approximate surface area is 166 Å². The number of fused-ring (bicyclic) bond motifs is 1. The highest BCUT2D eigenvalue weighted by atomic mass is 19.1. The van der Waals surface area contributed by atoms with Crippen LogP contribution in [-0.2, 0) is 25.5 Å². The Balaban J connectivity index is 1.60. The lowest BCUT2D eigenvalue weighted by Gasteiger charge is -2.26. The molecule has 8 heteroatoms. The smallest absolute Gasteiger partial charge is 0.326 e. The molecule has 0 fully saturated rings. The van der Waals surface area contributed by atoms with Gasteiger partial charge in [0, 0.05) is 11.3 Å². The number of carbonyl (C=O) groups is 4. The third-order valence-electron chi connectivity index (χ3n) is 4.54. The van der Waals surface area contributed by atoms with Crippen LogP contribution in [0.1, 0.15) is 28.4 Å². The van der Waals surface area contributed by atoms with E-state index in [1.54, 1.807) is 31.2 Å². The van der Waals surface area contributed by atoms with Gasteiger partial charge in [-0.05, 0) is 43.2 Å². The largest absolute Gasteiger partial charge is 0.451 e. The summed E-state index contributed by atoms with van der Waals surface area (Å²) in [6, 6.07) is 10.8. The number of amides is 3. The summed E-state index contributed by atoms with van der Waals surface area (Å²) in [6.45, 7) is 2.34. The van der Waals surface area contributed by atoms with Crippen molar-refractivity contribution in [3.05, 3.63) is 65.0 Å². The van der Waals surface area contributed by atoms with Crippen LogP contribution in [-0.4, -0.2) is 41.2 Å². The Hall–Kier alpha value is -3.55. The van der Waals surface area contributed by atoms with E-state index in [4.69, 9.17) is 4.74 Å². The molecule has 0 radical (unpaired) electrons. The number of rotatable bonds is 5. The molecule has 0 bridgehead atoms. The predicted molar refractivity (Wildman–Crippen MR) is 102 cm³/mol. The van der Waals surface area contributed by atoms with Crippen LogP contribution in [0.5, 0.6) is 0 Å². The first-order chi connectivity index (χ1) is 13.8. The molecular weight excluding hydrogens is 379 g/mol. The van der Waals surface area contributed by atoms with E-state index in [0.717, 1.165) is 11.0 Å². The second-order valence-electron chi connectivity index (χ2n) is 6.70. The third kappa shape index (κ3) is 4.48. The maximum absolute atomic E-state index is 13.6. The summed E-state index contributed by atoms with van der Waals surface area (Å²) < 4.78 is 18.6. The van der Waals surface area contributed by atoms with Crippen molar-refractivity contribution in [3.63, 3.8) is 0 Å². The van der Waals surface area contributed by atoms with Crippen LogP contribution in [0.4, 0.5) is 10.1 Å². The van der Waals surface area contributed by atoms with E-state index in [0.29, 0.717) is 16.7 Å². The molecule has 0 spiro atoms. The lowest BCUT2D eigenvalue weighted by Crippen LogP contribution is -2.46. The van der Waals surface area contributed by atoms with Gasteiger partial charge >= 0.3 is 5.97 Å². The highest BCUT2D eigenvalue weighted by Crippen LogP contribution is 2.19. The number of hydrogen-bond donors (Lipinski definition) is 1. The molecule has 1 aliphatic heterocycles. The van der Waals surface area contributed by atoms with Gasteiger partial charge in [-0.25, -0.2) is 4.39 Å². The monoisotopic (exact) mass is 398 g/mol. The average molecular weight is 398 g/mol. The Kier molecular flexibility index (Phi) is 5.72. The fraction of sp³-hybridized carbons (Fsp3) is 0.238. The summed E-state index contributed by atoms with van der Waals surface area (Å²) in [6.07, 6.45) is -1.20. The molecule has 150 valence electrons. The first kappa shape index (κ1) is 20.2. The van der Waals surface area contributed by atoms with Crippen molar-refractivity contribution in [1.29, 1.82) is 0 Å². The maximum Gasteiger partial charge on any atom is 0.326 e. The molecule has 1 heterocycles. The molecule has 1 N–H and O–H groups in total. The molecule has 29 heavy (non-hydrogen) atoms. The predicted octanol–water partition coefficient (Wildman–Crippen LogP) is 2.23. The van der Waals surface area contributed by atoms with Crippen molar-refractivity contribution in [3.8, 4) is 0 Å². The van der Waals surface area contributed by atoms with Gasteiger partial charge in [0.05, 0.1) is 6.42 Å². The van der Waals surface area contributed by atoms with E-state index in [1.807, 2.05) is 0 Å². The summed E-state index contributed by atoms with van der Waals surface area (Å²) >= 11 is 0. The Morgan fingerprint density at radius 2 is 1.93 bits per heavy atom. The number of anilines is 1. The molecular formula is C21H19FN2O5. The highest BCUT2D eigenvalue weighted by molar-refractivity contribution is 6.11. The van der Waals surface area contributed by atoms with E-state index in [1.165, 1.54) is 19.1 Å². The lowest BCUT2D eigenvalue weighted by atomic mass is 9.98. The van der Waals surface area contributed by atoms with E-state index in [2.05, 4.69) is 5.32 Å². The molecule has 3 amide bonds. The van der Waals surface area contributed by atoms with Gasteiger partial charge in [0.1, 0.15) is 12.4 Å². The minimum Gasteiger partial charge on any atom is -0.451 e. The van der Waals surface area contributed by atoms with Crippen molar-refractivity contribution in [2.45, 2.75) is 26.4 Å². The fourth-order valence-electron chi connectivity index (χ4n) is 2.89. The standard InChI is InChI=1S/C21H19FN2O5/c1-12-7-8-15(10-17(12)22)23-20(27)13(2)29-19(26)11-24-18(25)9-14-5-3-4-6-16(14)21(24)28/h3-8,10,13H,9,11H2,1-2H3,(H,23,27)/t13-/m1/s1. The van der Waals surface area contributed by atoms with Crippen molar-refractivity contribution in [1.82, 2.24) is 4.90 Å². The third-order valence-corrected chi connectivity index (χ3v) is 4.54. The number of nitrogens with one attached hydrogen (secondary N) is 1. The second kappa shape index (κ2) is 8.22. The summed E-state index contributed by atoms with van der Waals surface area (Å²) in [5.74, 6) is -3.14. The highest BCUT2D eigenvalue weighted by Gasteiger charge is 2.33. The van der Waals surface area contributed by atoms with Crippen LogP contribution in [0.25, 0.3) is 0 Å². The number of benzene rings is 2. The molecule has 1 aliphatic rings. The van der Waals surface area contributed by atoms with Gasteiger partial charge in [-0.3, -0.25) is 24.1 Å². The minimum atomic E-state index is -1.20. The zero-order valence-electron chi connectivity index (χ0n) is 15.9. The quantitative estimate of drug-likeness (QED) is 0.616. The normalized spacial score (nSPS) is 14.2. The number of nitrogens with zero attached hydrogens (tertiary/aromatic N) is 1. The van der Waals surface area contributed by atoms with Crippen molar-refractivity contribution >= 4 is 29.4 Å². The van der Waals surface area contributed by atoms with Crippen LogP contribution in [0, 0.1) is 12.7 Å². The van der Waals surface area contributed by atoms with Crippen molar-refractivity contribution < 1.29 is 28.3 Å². The number of aryl methyl sites for hydroxylation is 1. The topological polar surface area (TPSA) is 92.8 Å². The van der Waals surface area contributed by atoms with Gasteiger partial charge in [-0.2, -0.15) is 0 Å². The van der Waals surface area contributed by atoms with Gasteiger partial charge in [0.25, 0.3) is 11.8 Å². The van der Waals surface area contributed by atoms with E-state index >= 15 is 0 Å². The average Bonchev–Trinajstić information content (AvgIpc) is 2.68. The summed E-state index contributed by atoms with van der Waals surface area (Å²) in [5, 5.41) is 2.45. The van der Waals surface area contributed by atoms with Crippen LogP contribution in [0.3, 0.4) is 0 Å². The molecule has 1 atom stereocenters. The Morgan fingerprint density at radius 1 is 1.21 bits per heavy atom. The number of imide groups is 1. The van der Waals surface area contributed by atoms with Gasteiger partial charge in [0.15, 0.2) is 6.10 Å². The molecule has 0 saturated heterocycles. The molecule has 0 aliphatic carbocycles. The number of esters is 1. The minimum absolute atomic E-state index is 0.00419. The molecule has 2 aromatic carbocycles. The SMILES string of the molecule is Cc1ccc(NC(=O)[C@@H](C)OC(=O)CN2C(=O)Cc3ccccc3C2=O)cc1F. The zero-order valence-corrected chi connectivity index (χ0v) is 15.9. The number of carbonyl (C=O) groups excluding carboxylic acids is 4. The molecule has 3 rings (SSSR count). The molecule has 0 aromatic heterocycles. The molecule has 0 unspecified atom stereocenters. The second-order valence-corrected chi connectivity index (χ2v) is 6.70. The number of hydrogen-bond acceptors (Lipinski definition) is 5. The Morgan fingerprint density at radius 3 is 2.66 bits per heavy atom. The van der Waals surface area contributed by atoms with Crippen molar-refractivity contribution in [2.24, 2.45) is 0 Å². The first-order valence-corrected chi connectivity index (χ1v) is 8.95. The molecule has 7 nitrogen and oxygen atoms in total. The van der Waals surface area contributed by atoms with Gasteiger partial charge in [0.2, 0.25) is 5.91 Å². The fourth-order valence-corrected chi connectivity index (χ4v) is 2.89. The summed E-state index contributed by atoms with van der Waals surface area (Å²) in [7, 11) is 0. The van der Waals surface area contributed by atoms with Crippen LogP contribution in [0.15, 0.2) is 42.5 Å². The van der Waals surface area contributed by atoms with E-state index < -0.39 is 42.2 Å². The number of halogens is 1. The maximum atomic E-state index is 13.6. The lowest BCUT2D eigenvalue weighted by molar-refractivity contribution is -0.155. The Bertz CT molecular complexity index is 1000. The zero-order chi connectivity index (χ0) is 21.1. The molecule has 0 saturated carbocycles. The van der Waals surface area contributed by atoms with Crippen LogP contribution in [0.2, 0.25) is 0 Å². The van der Waals surface area contributed by atoms with E-state index in [9.17, 15) is 23.6 Å². The van der Waals surface area contributed by atoms with Gasteiger partial charge < -0.3 is 10.1 Å². The summed E-state index contributed by atoms with van der Waals surface area (Å²) in [5.41, 5.74) is 1.61. The summed E-state index contributed by atoms with van der Waals surface area (Å²) in [4.78, 5) is 49.8. The molecule has 2 aromatic rings. The van der Waals surface area contributed by atoms with Gasteiger partial charge in [-0.1, -0.05) is 24.3 Å². The van der Waals surface area contributed by atoms with Gasteiger partial charge in [-0.15, -0.1) is 0 Å².